The molecule has 2 aromatic heterocycles. The van der Waals surface area contributed by atoms with Crippen molar-refractivity contribution in [3.05, 3.63) is 39.3 Å². The van der Waals surface area contributed by atoms with Crippen LogP contribution in [0.1, 0.15) is 17.4 Å². The molecule has 22 heavy (non-hydrogen) atoms. The first-order chi connectivity index (χ1) is 10.4. The van der Waals surface area contributed by atoms with Crippen molar-refractivity contribution in [2.24, 2.45) is 0 Å². The zero-order valence-electron chi connectivity index (χ0n) is 13.0. The second kappa shape index (κ2) is 7.76. The smallest absolute Gasteiger partial charge is 0.236 e. The monoisotopic (exact) mass is 340 g/mol. The molecule has 0 unspecified atom stereocenters. The molecule has 0 fully saturated rings. The Bertz CT molecular complexity index is 625. The van der Waals surface area contributed by atoms with Gasteiger partial charge in [-0.15, -0.1) is 11.3 Å². The molecule has 1 atom stereocenters. The van der Waals surface area contributed by atoms with Gasteiger partial charge < -0.3 is 10.2 Å². The van der Waals surface area contributed by atoms with E-state index in [1.807, 2.05) is 43.1 Å². The minimum atomic E-state index is 0.0630. The molecule has 0 saturated heterocycles. The first-order valence-corrected chi connectivity index (χ1v) is 8.34. The normalized spacial score (nSPS) is 12.4. The van der Waals surface area contributed by atoms with Crippen LogP contribution in [0.3, 0.4) is 0 Å². The van der Waals surface area contributed by atoms with Gasteiger partial charge in [-0.2, -0.15) is 5.10 Å². The fourth-order valence-corrected chi connectivity index (χ4v) is 3.21. The van der Waals surface area contributed by atoms with Gasteiger partial charge in [0.05, 0.1) is 30.2 Å². The lowest BCUT2D eigenvalue weighted by molar-refractivity contribution is -0.129. The molecule has 0 spiro atoms. The summed E-state index contributed by atoms with van der Waals surface area (Å²) >= 11 is 7.40. The summed E-state index contributed by atoms with van der Waals surface area (Å²) < 4.78 is 2.63. The number of amides is 1. The summed E-state index contributed by atoms with van der Waals surface area (Å²) in [4.78, 5) is 14.9. The molecular formula is C15H21ClN4OS. The molecule has 2 aromatic rings. The maximum Gasteiger partial charge on any atom is 0.236 e. The molecule has 0 aliphatic carbocycles. The lowest BCUT2D eigenvalue weighted by Gasteiger charge is -2.19. The Kier molecular flexibility index (Phi) is 5.99. The van der Waals surface area contributed by atoms with Crippen LogP contribution in [0.5, 0.6) is 0 Å². The quantitative estimate of drug-likeness (QED) is 0.842. The van der Waals surface area contributed by atoms with Gasteiger partial charge in [0.2, 0.25) is 5.91 Å². The number of carbonyl (C=O) groups excluding carboxylic acids is 1. The highest BCUT2D eigenvalue weighted by Crippen LogP contribution is 2.22. The van der Waals surface area contributed by atoms with E-state index >= 15 is 0 Å². The Morgan fingerprint density at radius 1 is 1.55 bits per heavy atom. The summed E-state index contributed by atoms with van der Waals surface area (Å²) in [6.45, 7) is 5.70. The van der Waals surface area contributed by atoms with Gasteiger partial charge in [0.25, 0.3) is 0 Å². The summed E-state index contributed by atoms with van der Waals surface area (Å²) in [6.07, 6.45) is 3.82. The third kappa shape index (κ3) is 5.12. The van der Waals surface area contributed by atoms with Gasteiger partial charge >= 0.3 is 0 Å². The van der Waals surface area contributed by atoms with Crippen molar-refractivity contribution >= 4 is 28.8 Å². The largest absolute Gasteiger partial charge is 0.340 e. The number of likely N-dealkylation sites (N-methyl/N-ethyl adjacent to an activating group) is 1. The molecule has 2 rings (SSSR count). The molecule has 1 amide bonds. The van der Waals surface area contributed by atoms with Crippen LogP contribution < -0.4 is 5.32 Å². The predicted octanol–water partition coefficient (Wildman–Crippen LogP) is 2.54. The zero-order chi connectivity index (χ0) is 16.1. The van der Waals surface area contributed by atoms with E-state index in [1.165, 1.54) is 11.3 Å². The molecule has 0 radical (unpaired) electrons. The number of aryl methyl sites for hydroxylation is 1. The molecular weight excluding hydrogens is 320 g/mol. The summed E-state index contributed by atoms with van der Waals surface area (Å²) in [5.74, 6) is 0.0630. The standard InChI is InChI=1S/C15H21ClN4OS/c1-11-6-18-20(8-11)9-12(2)17-7-15(21)19(3)10-13-4-5-14(16)22-13/h4-6,8,12,17H,7,9-10H2,1-3H3/t12-/m1/s1. The average molecular weight is 341 g/mol. The van der Waals surface area contributed by atoms with E-state index in [0.29, 0.717) is 13.1 Å². The van der Waals surface area contributed by atoms with Gasteiger partial charge in [-0.05, 0) is 31.5 Å². The Labute approximate surface area is 139 Å². The zero-order valence-corrected chi connectivity index (χ0v) is 14.6. The second-order valence-corrected chi connectivity index (χ2v) is 7.28. The van der Waals surface area contributed by atoms with Crippen molar-refractivity contribution in [3.8, 4) is 0 Å². The third-order valence-corrected chi connectivity index (χ3v) is 4.49. The highest BCUT2D eigenvalue weighted by molar-refractivity contribution is 7.16. The lowest BCUT2D eigenvalue weighted by atomic mass is 10.3. The van der Waals surface area contributed by atoms with Crippen LogP contribution in [0.15, 0.2) is 24.5 Å². The van der Waals surface area contributed by atoms with Gasteiger partial charge in [-0.3, -0.25) is 9.48 Å². The molecule has 0 aliphatic rings. The van der Waals surface area contributed by atoms with Crippen molar-refractivity contribution in [2.75, 3.05) is 13.6 Å². The second-order valence-electron chi connectivity index (χ2n) is 5.48. The number of rotatable bonds is 7. The molecule has 1 N–H and O–H groups in total. The molecule has 0 aliphatic heterocycles. The maximum absolute atomic E-state index is 12.1. The fourth-order valence-electron chi connectivity index (χ4n) is 2.07. The minimum absolute atomic E-state index is 0.0630. The first kappa shape index (κ1) is 17.0. The van der Waals surface area contributed by atoms with Crippen molar-refractivity contribution in [2.45, 2.75) is 33.0 Å². The number of carbonyl (C=O) groups is 1. The Balaban J connectivity index is 1.74. The van der Waals surface area contributed by atoms with E-state index in [0.717, 1.165) is 21.3 Å². The summed E-state index contributed by atoms with van der Waals surface area (Å²) in [5, 5.41) is 7.48. The highest BCUT2D eigenvalue weighted by atomic mass is 35.5. The van der Waals surface area contributed by atoms with Crippen LogP contribution >= 0.6 is 22.9 Å². The van der Waals surface area contributed by atoms with Crippen molar-refractivity contribution in [1.82, 2.24) is 20.0 Å². The number of aromatic nitrogens is 2. The van der Waals surface area contributed by atoms with Crippen LogP contribution in [0.25, 0.3) is 0 Å². The van der Waals surface area contributed by atoms with Crippen LogP contribution in [0.4, 0.5) is 0 Å². The van der Waals surface area contributed by atoms with E-state index in [9.17, 15) is 4.79 Å². The number of thiophene rings is 1. The van der Waals surface area contributed by atoms with Crippen LogP contribution in [0, 0.1) is 6.92 Å². The Hall–Kier alpha value is -1.37. The van der Waals surface area contributed by atoms with E-state index < -0.39 is 0 Å². The minimum Gasteiger partial charge on any atom is -0.340 e. The number of hydrogen-bond donors (Lipinski definition) is 1. The SMILES string of the molecule is Cc1cnn(C[C@@H](C)NCC(=O)N(C)Cc2ccc(Cl)s2)c1. The van der Waals surface area contributed by atoms with Gasteiger partial charge in [0.1, 0.15) is 0 Å². The van der Waals surface area contributed by atoms with Crippen LogP contribution in [0.2, 0.25) is 4.34 Å². The highest BCUT2D eigenvalue weighted by Gasteiger charge is 2.12. The van der Waals surface area contributed by atoms with Crippen molar-refractivity contribution < 1.29 is 4.79 Å². The predicted molar refractivity (Wildman–Crippen MR) is 90.2 cm³/mol. The van der Waals surface area contributed by atoms with Crippen molar-refractivity contribution in [3.63, 3.8) is 0 Å². The molecule has 2 heterocycles. The van der Waals surface area contributed by atoms with E-state index in [-0.39, 0.29) is 11.9 Å². The number of nitrogens with one attached hydrogen (secondary N) is 1. The lowest BCUT2D eigenvalue weighted by Crippen LogP contribution is -2.40. The molecule has 120 valence electrons. The van der Waals surface area contributed by atoms with Gasteiger partial charge in [0.15, 0.2) is 0 Å². The molecule has 0 saturated carbocycles. The summed E-state index contributed by atoms with van der Waals surface area (Å²) in [7, 11) is 1.80. The summed E-state index contributed by atoms with van der Waals surface area (Å²) in [5.41, 5.74) is 1.14. The number of hydrogen-bond acceptors (Lipinski definition) is 4. The maximum atomic E-state index is 12.1. The van der Waals surface area contributed by atoms with Crippen molar-refractivity contribution in [1.29, 1.82) is 0 Å². The van der Waals surface area contributed by atoms with Gasteiger partial charge in [-0.1, -0.05) is 11.6 Å². The van der Waals surface area contributed by atoms with Crippen LogP contribution in [-0.4, -0.2) is 40.2 Å². The van der Waals surface area contributed by atoms with E-state index in [4.69, 9.17) is 11.6 Å². The van der Waals surface area contributed by atoms with Gasteiger partial charge in [0, 0.05) is 24.2 Å². The number of nitrogens with zero attached hydrogens (tertiary/aromatic N) is 3. The first-order valence-electron chi connectivity index (χ1n) is 7.14. The Morgan fingerprint density at radius 2 is 2.32 bits per heavy atom. The van der Waals surface area contributed by atoms with E-state index in [1.54, 1.807) is 11.9 Å². The topological polar surface area (TPSA) is 50.2 Å². The Morgan fingerprint density at radius 3 is 2.91 bits per heavy atom. The fraction of sp³-hybridized carbons (Fsp3) is 0.467. The molecule has 0 aromatic carbocycles. The molecule has 5 nitrogen and oxygen atoms in total. The third-order valence-electron chi connectivity index (χ3n) is 3.27. The van der Waals surface area contributed by atoms with E-state index in [2.05, 4.69) is 10.4 Å². The van der Waals surface area contributed by atoms with Crippen LogP contribution in [-0.2, 0) is 17.9 Å². The van der Waals surface area contributed by atoms with Gasteiger partial charge in [-0.25, -0.2) is 0 Å². The average Bonchev–Trinajstić information content (AvgIpc) is 3.05. The summed E-state index contributed by atoms with van der Waals surface area (Å²) in [6, 6.07) is 3.98. The number of halogens is 1. The molecule has 0 bridgehead atoms. The molecule has 7 heteroatoms.